The number of rotatable bonds is 7. The maximum absolute atomic E-state index is 14.5. The molecule has 1 N–H and O–H groups in total. The van der Waals surface area contributed by atoms with E-state index in [-0.39, 0.29) is 34.3 Å². The molecular formula is C27H22F2N4O5S. The zero-order chi connectivity index (χ0) is 27.9. The number of nitrogens with zero attached hydrogens (tertiary/aromatic N) is 3. The van der Waals surface area contributed by atoms with Crippen LogP contribution in [0, 0.1) is 25.5 Å². The van der Waals surface area contributed by atoms with Crippen molar-refractivity contribution >= 4 is 26.6 Å². The third-order valence-electron chi connectivity index (χ3n) is 5.94. The molecule has 2 aromatic heterocycles. The van der Waals surface area contributed by atoms with E-state index in [2.05, 4.69) is 14.9 Å². The zero-order valence-electron chi connectivity index (χ0n) is 21.0. The average Bonchev–Trinajstić information content (AvgIpc) is 3.34. The molecule has 0 fully saturated rings. The molecule has 0 aliphatic heterocycles. The number of nitrogens with one attached hydrogen (secondary N) is 1. The van der Waals surface area contributed by atoms with Gasteiger partial charge >= 0.3 is 0 Å². The normalized spacial score (nSPS) is 11.6. The van der Waals surface area contributed by atoms with Crippen LogP contribution in [0.5, 0.6) is 11.5 Å². The number of halogens is 2. The first-order valence-electron chi connectivity index (χ1n) is 11.8. The Balaban J connectivity index is 1.73. The molecule has 200 valence electrons. The summed E-state index contributed by atoms with van der Waals surface area (Å²) < 4.78 is 67.7. The van der Waals surface area contributed by atoms with Gasteiger partial charge in [0, 0.05) is 28.8 Å². The third-order valence-corrected chi connectivity index (χ3v) is 7.25. The molecule has 5 aromatic rings. The van der Waals surface area contributed by atoms with E-state index < -0.39 is 21.7 Å². The molecule has 0 unspecified atom stereocenters. The molecule has 0 saturated heterocycles. The first-order valence-corrected chi connectivity index (χ1v) is 13.4. The Labute approximate surface area is 221 Å². The molecule has 0 spiro atoms. The first-order chi connectivity index (χ1) is 18.5. The highest BCUT2D eigenvalue weighted by Crippen LogP contribution is 2.35. The van der Waals surface area contributed by atoms with E-state index >= 15 is 0 Å². The van der Waals surface area contributed by atoms with Crippen molar-refractivity contribution in [2.24, 2.45) is 0 Å². The van der Waals surface area contributed by atoms with Crippen LogP contribution in [0.2, 0.25) is 0 Å². The predicted octanol–water partition coefficient (Wildman–Crippen LogP) is 5.49. The summed E-state index contributed by atoms with van der Waals surface area (Å²) in [5, 5.41) is 4.11. The Bertz CT molecular complexity index is 1900. The number of hydrogen-bond donors (Lipinski definition) is 1. The molecule has 2 heterocycles. The van der Waals surface area contributed by atoms with Crippen molar-refractivity contribution in [1.82, 2.24) is 14.7 Å². The lowest BCUT2D eigenvalue weighted by atomic mass is 10.1. The lowest BCUT2D eigenvalue weighted by Crippen LogP contribution is -2.15. The Morgan fingerprint density at radius 1 is 1.03 bits per heavy atom. The molecule has 0 amide bonds. The molecule has 0 saturated carbocycles. The van der Waals surface area contributed by atoms with Gasteiger partial charge in [0.05, 0.1) is 22.6 Å². The van der Waals surface area contributed by atoms with E-state index in [0.717, 1.165) is 12.1 Å². The highest BCUT2D eigenvalue weighted by molar-refractivity contribution is 7.92. The summed E-state index contributed by atoms with van der Waals surface area (Å²) in [5.74, 6) is -1.27. The van der Waals surface area contributed by atoms with E-state index in [0.29, 0.717) is 39.6 Å². The van der Waals surface area contributed by atoms with Crippen molar-refractivity contribution in [3.05, 3.63) is 94.0 Å². The van der Waals surface area contributed by atoms with Crippen LogP contribution in [0.3, 0.4) is 0 Å². The second-order valence-corrected chi connectivity index (χ2v) is 10.8. The van der Waals surface area contributed by atoms with Crippen molar-refractivity contribution in [3.8, 4) is 28.6 Å². The smallest absolute Gasteiger partial charge is 0.257 e. The summed E-state index contributed by atoms with van der Waals surface area (Å²) in [5.41, 5.74) is 1.64. The number of aromatic nitrogens is 3. The van der Waals surface area contributed by atoms with Crippen molar-refractivity contribution in [2.45, 2.75) is 20.8 Å². The quantitative estimate of drug-likeness (QED) is 0.284. The molecule has 0 aliphatic rings. The first kappa shape index (κ1) is 26.0. The maximum atomic E-state index is 14.5. The average molecular weight is 553 g/mol. The van der Waals surface area contributed by atoms with E-state index in [1.807, 2.05) is 0 Å². The number of anilines is 1. The number of benzene rings is 3. The van der Waals surface area contributed by atoms with Gasteiger partial charge in [-0.25, -0.2) is 17.2 Å². The van der Waals surface area contributed by atoms with Gasteiger partial charge in [-0.1, -0.05) is 5.16 Å². The molecule has 12 heteroatoms. The largest absolute Gasteiger partial charge is 0.452 e. The van der Waals surface area contributed by atoms with E-state index in [4.69, 9.17) is 9.26 Å². The fraction of sp³-hybridized carbons (Fsp3) is 0.148. The van der Waals surface area contributed by atoms with Crippen LogP contribution in [0.15, 0.2) is 70.1 Å². The summed E-state index contributed by atoms with van der Waals surface area (Å²) in [7, 11) is -3.62. The molecule has 0 bridgehead atoms. The van der Waals surface area contributed by atoms with Crippen molar-refractivity contribution in [2.75, 3.05) is 10.5 Å². The van der Waals surface area contributed by atoms with Gasteiger partial charge < -0.3 is 13.8 Å². The van der Waals surface area contributed by atoms with Crippen LogP contribution in [0.25, 0.3) is 28.0 Å². The van der Waals surface area contributed by atoms with Gasteiger partial charge in [-0.05, 0) is 69.3 Å². The van der Waals surface area contributed by atoms with Gasteiger partial charge in [-0.3, -0.25) is 9.52 Å². The number of hydrogen-bond acceptors (Lipinski definition) is 7. The minimum atomic E-state index is -3.62. The Hall–Kier alpha value is -4.58. The van der Waals surface area contributed by atoms with Crippen LogP contribution in [0.1, 0.15) is 18.3 Å². The topological polar surface area (TPSA) is 116 Å². The lowest BCUT2D eigenvalue weighted by molar-refractivity contribution is 0.425. The molecule has 0 atom stereocenters. The maximum Gasteiger partial charge on any atom is 0.257 e. The molecule has 0 radical (unpaired) electrons. The summed E-state index contributed by atoms with van der Waals surface area (Å²) in [6.07, 6.45) is 1.57. The van der Waals surface area contributed by atoms with Crippen molar-refractivity contribution in [1.29, 1.82) is 0 Å². The van der Waals surface area contributed by atoms with Gasteiger partial charge in [0.15, 0.2) is 28.6 Å². The fourth-order valence-electron chi connectivity index (χ4n) is 3.99. The van der Waals surface area contributed by atoms with Gasteiger partial charge in [-0.2, -0.15) is 4.98 Å². The fourth-order valence-corrected chi connectivity index (χ4v) is 4.62. The van der Waals surface area contributed by atoms with Gasteiger partial charge in [0.25, 0.3) is 5.89 Å². The lowest BCUT2D eigenvalue weighted by Gasteiger charge is -2.19. The van der Waals surface area contributed by atoms with Gasteiger partial charge in [0.2, 0.25) is 10.0 Å². The van der Waals surface area contributed by atoms with Crippen LogP contribution in [0.4, 0.5) is 14.5 Å². The second-order valence-electron chi connectivity index (χ2n) is 8.75. The van der Waals surface area contributed by atoms with Crippen molar-refractivity contribution in [3.63, 3.8) is 0 Å². The zero-order valence-corrected chi connectivity index (χ0v) is 21.8. The molecular weight excluding hydrogens is 530 g/mol. The predicted molar refractivity (Wildman–Crippen MR) is 142 cm³/mol. The van der Waals surface area contributed by atoms with Crippen LogP contribution >= 0.6 is 0 Å². The van der Waals surface area contributed by atoms with E-state index in [1.165, 1.54) is 25.1 Å². The molecule has 3 aromatic carbocycles. The molecule has 39 heavy (non-hydrogen) atoms. The third kappa shape index (κ3) is 5.23. The standard InChI is InChI=1S/C27H22F2N4O5S/c1-4-39(35,36)32-19-7-10-25(37-24-9-6-18(28)12-21(24)29)23(13-19)33-14-15(2)26(34)20-11-17(5-8-22(20)33)27-30-16(3)31-38-27/h5-14,32H,4H2,1-3H3. The minimum Gasteiger partial charge on any atom is -0.452 e. The highest BCUT2D eigenvalue weighted by atomic mass is 32.2. The number of ether oxygens (including phenoxy) is 1. The molecule has 0 aliphatic carbocycles. The van der Waals surface area contributed by atoms with Gasteiger partial charge in [0.1, 0.15) is 5.82 Å². The summed E-state index contributed by atoms with van der Waals surface area (Å²) in [6.45, 7) is 4.81. The van der Waals surface area contributed by atoms with Crippen LogP contribution in [-0.2, 0) is 10.0 Å². The Morgan fingerprint density at radius 2 is 1.79 bits per heavy atom. The van der Waals surface area contributed by atoms with Crippen LogP contribution in [-0.4, -0.2) is 28.9 Å². The van der Waals surface area contributed by atoms with E-state index in [1.54, 1.807) is 42.8 Å². The monoisotopic (exact) mass is 552 g/mol. The van der Waals surface area contributed by atoms with E-state index in [9.17, 15) is 22.0 Å². The summed E-state index contributed by atoms with van der Waals surface area (Å²) >= 11 is 0. The number of sulfonamides is 1. The second kappa shape index (κ2) is 9.95. The Morgan fingerprint density at radius 3 is 2.49 bits per heavy atom. The molecule has 9 nitrogen and oxygen atoms in total. The van der Waals surface area contributed by atoms with Crippen molar-refractivity contribution < 1.29 is 26.5 Å². The molecule has 5 rings (SSSR count). The number of pyridine rings is 1. The number of aryl methyl sites for hydroxylation is 2. The highest BCUT2D eigenvalue weighted by Gasteiger charge is 2.18. The summed E-state index contributed by atoms with van der Waals surface area (Å²) in [6, 6.07) is 12.3. The SMILES string of the molecule is CCS(=O)(=O)Nc1ccc(Oc2ccc(F)cc2F)c(-n2cc(C)c(=O)c3cc(-c4nc(C)no4)ccc32)c1. The minimum absolute atomic E-state index is 0.126. The summed E-state index contributed by atoms with van der Waals surface area (Å²) in [4.78, 5) is 17.4. The Kier molecular flexibility index (Phi) is 6.64. The van der Waals surface area contributed by atoms with Gasteiger partial charge in [-0.15, -0.1) is 0 Å². The number of fused-ring (bicyclic) bond motifs is 1. The van der Waals surface area contributed by atoms with Crippen LogP contribution < -0.4 is 14.9 Å².